The fourth-order valence-corrected chi connectivity index (χ4v) is 5.75. The first-order chi connectivity index (χ1) is 24.7. The van der Waals surface area contributed by atoms with Crippen LogP contribution < -0.4 is 30.7 Å². The Labute approximate surface area is 297 Å². The minimum Gasteiger partial charge on any atom is -0.365 e. The first-order valence-electron chi connectivity index (χ1n) is 17.3. The van der Waals surface area contributed by atoms with Gasteiger partial charge in [0.1, 0.15) is 0 Å². The Morgan fingerprint density at radius 3 is 1.86 bits per heavy atom. The van der Waals surface area contributed by atoms with Crippen LogP contribution in [0.15, 0.2) is 30.7 Å². The summed E-state index contributed by atoms with van der Waals surface area (Å²) in [6.07, 6.45) is 9.60. The number of hydrogen-bond donors (Lipinski definition) is 9. The summed E-state index contributed by atoms with van der Waals surface area (Å²) in [4.78, 5) is 25.8. The van der Waals surface area contributed by atoms with Crippen molar-refractivity contribution >= 4 is 35.7 Å². The van der Waals surface area contributed by atoms with E-state index in [1.54, 1.807) is 0 Å². The molecule has 18 nitrogen and oxygen atoms in total. The molecule has 0 bridgehead atoms. The van der Waals surface area contributed by atoms with E-state index in [-0.39, 0.29) is 0 Å². The largest absolute Gasteiger partial charge is 0.365 e. The van der Waals surface area contributed by atoms with Crippen molar-refractivity contribution < 1.29 is 0 Å². The second-order valence-corrected chi connectivity index (χ2v) is 13.0. The Hall–Kier alpha value is -5.94. The van der Waals surface area contributed by atoms with Gasteiger partial charge in [0.05, 0.1) is 6.54 Å². The summed E-state index contributed by atoms with van der Waals surface area (Å²) in [6.45, 7) is 7.95. The van der Waals surface area contributed by atoms with E-state index in [2.05, 4.69) is 120 Å². The highest BCUT2D eigenvalue weighted by molar-refractivity contribution is 5.40. The summed E-state index contributed by atoms with van der Waals surface area (Å²) in [5.74, 6) is 4.15. The van der Waals surface area contributed by atoms with Gasteiger partial charge in [-0.1, -0.05) is 0 Å². The van der Waals surface area contributed by atoms with Crippen LogP contribution in [0.4, 0.5) is 35.7 Å². The van der Waals surface area contributed by atoms with Gasteiger partial charge in [0.15, 0.2) is 0 Å². The number of nitrogens with zero attached hydrogens (tertiary/aromatic N) is 9. The average molecular weight is 699 g/mol. The predicted octanol–water partition coefficient (Wildman–Crippen LogP) is 2.99. The summed E-state index contributed by atoms with van der Waals surface area (Å²) in [7, 11) is 7.87. The van der Waals surface area contributed by atoms with Gasteiger partial charge in [-0.2, -0.15) is 0 Å². The molecule has 0 amide bonds. The molecule has 18 heteroatoms. The van der Waals surface area contributed by atoms with Crippen molar-refractivity contribution in [2.75, 3.05) is 85.0 Å². The van der Waals surface area contributed by atoms with Crippen LogP contribution in [-0.4, -0.2) is 115 Å². The Morgan fingerprint density at radius 2 is 1.24 bits per heavy atom. The molecule has 0 radical (unpaired) electrons. The number of H-pyrrole nitrogens is 6. The number of aryl methyl sites for hydroxylation is 1. The molecule has 0 aliphatic carbocycles. The van der Waals surface area contributed by atoms with Crippen LogP contribution in [0.25, 0.3) is 0 Å². The summed E-state index contributed by atoms with van der Waals surface area (Å²) >= 11 is 0. The van der Waals surface area contributed by atoms with Crippen molar-refractivity contribution in [1.29, 1.82) is 0 Å². The average Bonchev–Trinajstić information content (AvgIpc) is 3.97. The summed E-state index contributed by atoms with van der Waals surface area (Å²) < 4.78 is 0. The first-order valence-corrected chi connectivity index (χ1v) is 17.3. The highest BCUT2D eigenvalue weighted by Gasteiger charge is 2.14. The van der Waals surface area contributed by atoms with Gasteiger partial charge in [-0.25, -0.2) is 0 Å². The van der Waals surface area contributed by atoms with Crippen molar-refractivity contribution in [3.05, 3.63) is 70.1 Å². The van der Waals surface area contributed by atoms with E-state index in [9.17, 15) is 0 Å². The lowest BCUT2D eigenvalue weighted by molar-refractivity contribution is 0.828. The standard InChI is InChI=1S/C33H50N18/c1-21-25(10-15-37-28-40-31(46-43-28)49(3)4)19-39-27(21)20-51(6)33-42-29(45-48-33)35-12-7-23-17-26(38-18-23)11-16-50(5)32-41-30(44-47-32)36-14-9-24-8-13-34-22(24)2/h8,13,17-19,34,38-39H,7,9-12,14-16,20H2,1-6H3,(H2,35,42,45,48)(H2,36,41,44,47)(H2,37,40,43,46). The van der Waals surface area contributed by atoms with E-state index in [1.807, 2.05) is 44.2 Å². The number of likely N-dealkylation sites (N-methyl/N-ethyl adjacent to an activating group) is 1. The van der Waals surface area contributed by atoms with Crippen LogP contribution in [0.3, 0.4) is 0 Å². The van der Waals surface area contributed by atoms with Gasteiger partial charge in [0.2, 0.25) is 35.7 Å². The van der Waals surface area contributed by atoms with Gasteiger partial charge in [0, 0.05) is 96.5 Å². The van der Waals surface area contributed by atoms with Crippen LogP contribution in [0.5, 0.6) is 0 Å². The van der Waals surface area contributed by atoms with Crippen LogP contribution in [0.2, 0.25) is 0 Å². The summed E-state index contributed by atoms with van der Waals surface area (Å²) in [5.41, 5.74) is 8.53. The van der Waals surface area contributed by atoms with E-state index in [1.165, 1.54) is 33.6 Å². The second-order valence-electron chi connectivity index (χ2n) is 13.0. The molecule has 0 spiro atoms. The molecule has 0 aliphatic heterocycles. The van der Waals surface area contributed by atoms with E-state index >= 15 is 0 Å². The van der Waals surface area contributed by atoms with Crippen molar-refractivity contribution in [1.82, 2.24) is 60.5 Å². The third-order valence-electron chi connectivity index (χ3n) is 8.99. The van der Waals surface area contributed by atoms with Crippen molar-refractivity contribution in [3.8, 4) is 0 Å². The molecule has 0 fully saturated rings. The second kappa shape index (κ2) is 16.2. The Balaban J connectivity index is 0.884. The lowest BCUT2D eigenvalue weighted by Gasteiger charge is -2.15. The molecule has 0 saturated heterocycles. The molecular weight excluding hydrogens is 648 g/mol. The molecule has 6 heterocycles. The number of hydrogen-bond acceptors (Lipinski definition) is 12. The molecule has 0 aromatic carbocycles. The fourth-order valence-electron chi connectivity index (χ4n) is 5.75. The molecule has 6 aromatic heterocycles. The minimum absolute atomic E-state index is 0.648. The van der Waals surface area contributed by atoms with Gasteiger partial charge in [0.25, 0.3) is 0 Å². The maximum Gasteiger partial charge on any atom is 0.226 e. The van der Waals surface area contributed by atoms with E-state index < -0.39 is 0 Å². The normalized spacial score (nSPS) is 11.3. The number of aromatic nitrogens is 12. The molecular formula is C33H50N18. The highest BCUT2D eigenvalue weighted by atomic mass is 15.4. The monoisotopic (exact) mass is 698 g/mol. The Morgan fingerprint density at radius 1 is 0.627 bits per heavy atom. The number of nitrogens with one attached hydrogen (secondary N) is 9. The third-order valence-corrected chi connectivity index (χ3v) is 8.99. The molecule has 0 unspecified atom stereocenters. The molecule has 0 saturated carbocycles. The van der Waals surface area contributed by atoms with Crippen molar-refractivity contribution in [3.63, 3.8) is 0 Å². The van der Waals surface area contributed by atoms with Crippen LogP contribution in [0, 0.1) is 13.8 Å². The molecule has 6 aromatic rings. The molecule has 9 N–H and O–H groups in total. The summed E-state index contributed by atoms with van der Waals surface area (Å²) in [6, 6.07) is 4.32. The lowest BCUT2D eigenvalue weighted by atomic mass is 10.1. The topological polar surface area (TPSA) is 218 Å². The SMILES string of the molecule is Cc1[nH]ccc1CCNc1nnc(N(C)CCc2cc(CCNc3nnc(N(C)Cc4[nH]cc(CCNc5nnc(N(C)C)[nH]5)c4C)[nH]3)c[nH]2)[nH]1. The minimum atomic E-state index is 0.648. The zero-order valence-corrected chi connectivity index (χ0v) is 30.3. The lowest BCUT2D eigenvalue weighted by Crippen LogP contribution is -2.21. The molecule has 51 heavy (non-hydrogen) atoms. The van der Waals surface area contributed by atoms with Gasteiger partial charge >= 0.3 is 0 Å². The molecule has 272 valence electrons. The molecule has 6 rings (SSSR count). The van der Waals surface area contributed by atoms with Gasteiger partial charge in [-0.3, -0.25) is 15.0 Å². The highest BCUT2D eigenvalue weighted by Crippen LogP contribution is 2.19. The third kappa shape index (κ3) is 9.20. The van der Waals surface area contributed by atoms with Crippen LogP contribution in [-0.2, 0) is 32.2 Å². The maximum atomic E-state index is 4.36. The van der Waals surface area contributed by atoms with Crippen molar-refractivity contribution in [2.45, 2.75) is 46.1 Å². The summed E-state index contributed by atoms with van der Waals surface area (Å²) in [5, 5.41) is 35.5. The number of rotatable bonds is 20. The van der Waals surface area contributed by atoms with E-state index in [0.717, 1.165) is 69.5 Å². The smallest absolute Gasteiger partial charge is 0.226 e. The quantitative estimate of drug-likeness (QED) is 0.0562. The van der Waals surface area contributed by atoms with Crippen LogP contribution in [0.1, 0.15) is 39.3 Å². The Kier molecular flexibility index (Phi) is 11.1. The first kappa shape index (κ1) is 34.9. The van der Waals surface area contributed by atoms with Gasteiger partial charge in [-0.05, 0) is 67.5 Å². The van der Waals surface area contributed by atoms with E-state index in [0.29, 0.717) is 30.3 Å². The molecule has 0 aliphatic rings. The van der Waals surface area contributed by atoms with Crippen LogP contribution >= 0.6 is 0 Å². The fraction of sp³-hybridized carbons (Fsp3) is 0.455. The van der Waals surface area contributed by atoms with E-state index in [4.69, 9.17) is 0 Å². The number of aromatic amines is 6. The molecule has 0 atom stereocenters. The maximum absolute atomic E-state index is 4.36. The van der Waals surface area contributed by atoms with Gasteiger partial charge in [-0.15, -0.1) is 30.6 Å². The van der Waals surface area contributed by atoms with Crippen molar-refractivity contribution in [2.24, 2.45) is 0 Å². The van der Waals surface area contributed by atoms with Gasteiger partial charge < -0.3 is 45.6 Å². The predicted molar refractivity (Wildman–Crippen MR) is 201 cm³/mol. The number of anilines is 6. The zero-order valence-electron chi connectivity index (χ0n) is 30.3. The Bertz CT molecular complexity index is 1930. The zero-order chi connectivity index (χ0) is 35.7.